The minimum atomic E-state index is -1.14. The normalized spacial score (nSPS) is 23.9. The third-order valence-electron chi connectivity index (χ3n) is 2.76. The molecule has 7 nitrogen and oxygen atoms in total. The van der Waals surface area contributed by atoms with Gasteiger partial charge in [0.1, 0.15) is 0 Å². The molecular formula is C8H10N2O5. The van der Waals surface area contributed by atoms with Crippen LogP contribution in [-0.4, -0.2) is 46.8 Å². The van der Waals surface area contributed by atoms with Gasteiger partial charge in [-0.1, -0.05) is 0 Å². The molecule has 0 aliphatic carbocycles. The molecule has 82 valence electrons. The van der Waals surface area contributed by atoms with E-state index in [1.54, 1.807) is 0 Å². The van der Waals surface area contributed by atoms with E-state index in [2.05, 4.69) is 5.32 Å². The van der Waals surface area contributed by atoms with E-state index >= 15 is 0 Å². The van der Waals surface area contributed by atoms with E-state index < -0.39 is 23.7 Å². The van der Waals surface area contributed by atoms with Crippen LogP contribution in [0.1, 0.15) is 12.8 Å². The maximum atomic E-state index is 11.4. The van der Waals surface area contributed by atoms with Crippen molar-refractivity contribution in [1.82, 2.24) is 10.2 Å². The van der Waals surface area contributed by atoms with Crippen molar-refractivity contribution in [3.05, 3.63) is 0 Å². The lowest BCUT2D eigenvalue weighted by Gasteiger charge is -2.34. The number of carbonyl (C=O) groups excluding carboxylic acids is 2. The molecule has 2 heterocycles. The van der Waals surface area contributed by atoms with Gasteiger partial charge in [0.2, 0.25) is 0 Å². The highest BCUT2D eigenvalue weighted by molar-refractivity contribution is 6.02. The van der Waals surface area contributed by atoms with Crippen LogP contribution in [0.4, 0.5) is 9.59 Å². The number of amides is 3. The van der Waals surface area contributed by atoms with Gasteiger partial charge < -0.3 is 14.7 Å². The molecule has 0 aromatic rings. The zero-order valence-electron chi connectivity index (χ0n) is 7.86. The van der Waals surface area contributed by atoms with Crippen LogP contribution in [0, 0.1) is 0 Å². The Morgan fingerprint density at radius 2 is 2.00 bits per heavy atom. The summed E-state index contributed by atoms with van der Waals surface area (Å²) in [7, 11) is 0. The smallest absolute Gasteiger partial charge is 0.415 e. The van der Waals surface area contributed by atoms with Gasteiger partial charge in [-0.15, -0.1) is 0 Å². The fraction of sp³-hybridized carbons (Fsp3) is 0.625. The minimum absolute atomic E-state index is 0.204. The summed E-state index contributed by atoms with van der Waals surface area (Å²) in [6.07, 6.45) is -1.33. The molecular weight excluding hydrogens is 204 g/mol. The monoisotopic (exact) mass is 214 g/mol. The topological polar surface area (TPSA) is 95.9 Å². The molecule has 7 heteroatoms. The van der Waals surface area contributed by atoms with E-state index in [9.17, 15) is 14.4 Å². The Kier molecular flexibility index (Phi) is 2.02. The Bertz CT molecular complexity index is 332. The van der Waals surface area contributed by atoms with E-state index in [0.717, 1.165) is 0 Å². The number of hydrogen-bond donors (Lipinski definition) is 2. The van der Waals surface area contributed by atoms with Crippen LogP contribution < -0.4 is 5.32 Å². The number of imide groups is 1. The summed E-state index contributed by atoms with van der Waals surface area (Å²) in [5, 5.41) is 10.8. The molecule has 0 atom stereocenters. The zero-order chi connectivity index (χ0) is 11.1. The van der Waals surface area contributed by atoms with E-state index in [0.29, 0.717) is 0 Å². The molecule has 0 saturated carbocycles. The number of hydrogen-bond acceptors (Lipinski definition) is 4. The maximum Gasteiger partial charge on any atom is 0.415 e. The molecule has 2 rings (SSSR count). The van der Waals surface area contributed by atoms with Crippen molar-refractivity contribution >= 4 is 18.1 Å². The molecule has 0 aromatic carbocycles. The molecule has 2 saturated heterocycles. The Hall–Kier alpha value is -1.79. The maximum absolute atomic E-state index is 11.4. The van der Waals surface area contributed by atoms with Gasteiger partial charge in [-0.05, 0) is 0 Å². The lowest BCUT2D eigenvalue weighted by Crippen LogP contribution is -2.50. The van der Waals surface area contributed by atoms with E-state index in [4.69, 9.17) is 9.84 Å². The van der Waals surface area contributed by atoms with Crippen molar-refractivity contribution < 1.29 is 24.2 Å². The van der Waals surface area contributed by atoms with Crippen LogP contribution >= 0.6 is 0 Å². The van der Waals surface area contributed by atoms with Crippen molar-refractivity contribution in [3.8, 4) is 0 Å². The number of alkyl carbamates (subject to hydrolysis) is 1. The first-order chi connectivity index (χ1) is 7.03. The van der Waals surface area contributed by atoms with Crippen LogP contribution in [0.25, 0.3) is 0 Å². The predicted molar refractivity (Wildman–Crippen MR) is 46.2 cm³/mol. The Morgan fingerprint density at radius 1 is 1.40 bits per heavy atom. The summed E-state index contributed by atoms with van der Waals surface area (Å²) in [6.45, 7) is 0.409. The van der Waals surface area contributed by atoms with Gasteiger partial charge in [-0.2, -0.15) is 0 Å². The number of rotatable bonds is 0. The number of carboxylic acid groups (broad SMARTS) is 1. The molecule has 1 spiro atoms. The lowest BCUT2D eigenvalue weighted by molar-refractivity contribution is -0.134. The fourth-order valence-corrected chi connectivity index (χ4v) is 1.84. The van der Waals surface area contributed by atoms with Gasteiger partial charge in [0.05, 0.1) is 0 Å². The quantitative estimate of drug-likeness (QED) is 0.580. The van der Waals surface area contributed by atoms with Crippen molar-refractivity contribution in [2.45, 2.75) is 18.4 Å². The standard InChI is InChI=1S/C8H10N2O5/c11-5-8(15-6(12)9-5)1-3-10(4-2-8)7(13)14/h1-4H2,(H,13,14)(H,9,11,12). The van der Waals surface area contributed by atoms with Crippen molar-refractivity contribution in [3.63, 3.8) is 0 Å². The minimum Gasteiger partial charge on any atom is -0.465 e. The average molecular weight is 214 g/mol. The van der Waals surface area contributed by atoms with Crippen LogP contribution in [0.2, 0.25) is 0 Å². The highest BCUT2D eigenvalue weighted by Gasteiger charge is 2.51. The first-order valence-electron chi connectivity index (χ1n) is 4.56. The van der Waals surface area contributed by atoms with Gasteiger partial charge in [0, 0.05) is 25.9 Å². The summed E-state index contributed by atoms with van der Waals surface area (Å²) >= 11 is 0. The second-order valence-corrected chi connectivity index (χ2v) is 3.61. The fourth-order valence-electron chi connectivity index (χ4n) is 1.84. The SMILES string of the molecule is O=C1NC(=O)C2(CCN(C(=O)O)CC2)O1. The Balaban J connectivity index is 2.06. The number of likely N-dealkylation sites (tertiary alicyclic amines) is 1. The zero-order valence-corrected chi connectivity index (χ0v) is 7.86. The molecule has 0 radical (unpaired) electrons. The van der Waals surface area contributed by atoms with Gasteiger partial charge in [-0.25, -0.2) is 9.59 Å². The third kappa shape index (κ3) is 1.49. The van der Waals surface area contributed by atoms with Crippen LogP contribution in [0.3, 0.4) is 0 Å². The highest BCUT2D eigenvalue weighted by Crippen LogP contribution is 2.30. The highest BCUT2D eigenvalue weighted by atomic mass is 16.6. The summed E-state index contributed by atoms with van der Waals surface area (Å²) in [4.78, 5) is 34.1. The molecule has 0 aromatic heterocycles. The van der Waals surface area contributed by atoms with Crippen LogP contribution in [-0.2, 0) is 9.53 Å². The lowest BCUT2D eigenvalue weighted by atomic mass is 9.91. The summed E-state index contributed by atoms with van der Waals surface area (Å²) < 4.78 is 4.91. The number of ether oxygens (including phenoxy) is 1. The van der Waals surface area contributed by atoms with Crippen molar-refractivity contribution in [1.29, 1.82) is 0 Å². The van der Waals surface area contributed by atoms with Gasteiger partial charge in [-0.3, -0.25) is 10.1 Å². The molecule has 2 aliphatic heterocycles. The Labute approximate surface area is 85.0 Å². The van der Waals surface area contributed by atoms with Gasteiger partial charge >= 0.3 is 12.2 Å². The number of carbonyl (C=O) groups is 3. The number of nitrogens with one attached hydrogen (secondary N) is 1. The molecule has 15 heavy (non-hydrogen) atoms. The predicted octanol–water partition coefficient (Wildman–Crippen LogP) is -0.235. The molecule has 0 bridgehead atoms. The summed E-state index contributed by atoms with van der Waals surface area (Å²) in [6, 6.07) is 0. The number of piperidine rings is 1. The van der Waals surface area contributed by atoms with Crippen LogP contribution in [0.15, 0.2) is 0 Å². The number of nitrogens with zero attached hydrogens (tertiary/aromatic N) is 1. The molecule has 2 aliphatic rings. The second kappa shape index (κ2) is 3.11. The van der Waals surface area contributed by atoms with E-state index in [1.165, 1.54) is 4.90 Å². The first-order valence-corrected chi connectivity index (χ1v) is 4.56. The van der Waals surface area contributed by atoms with Gasteiger partial charge in [0.25, 0.3) is 5.91 Å². The summed E-state index contributed by atoms with van der Waals surface area (Å²) in [5.41, 5.74) is -1.14. The second-order valence-electron chi connectivity index (χ2n) is 3.61. The summed E-state index contributed by atoms with van der Waals surface area (Å²) in [5.74, 6) is -0.461. The average Bonchev–Trinajstić information content (AvgIpc) is 2.42. The van der Waals surface area contributed by atoms with E-state index in [1.807, 2.05) is 0 Å². The van der Waals surface area contributed by atoms with Crippen molar-refractivity contribution in [2.24, 2.45) is 0 Å². The molecule has 2 fully saturated rings. The van der Waals surface area contributed by atoms with Gasteiger partial charge in [0.15, 0.2) is 5.60 Å². The van der Waals surface area contributed by atoms with Crippen LogP contribution in [0.5, 0.6) is 0 Å². The molecule has 3 amide bonds. The molecule has 0 unspecified atom stereocenters. The van der Waals surface area contributed by atoms with E-state index in [-0.39, 0.29) is 25.9 Å². The first kappa shape index (κ1) is 9.75. The van der Waals surface area contributed by atoms with Crippen molar-refractivity contribution in [2.75, 3.05) is 13.1 Å². The molecule has 2 N–H and O–H groups in total. The third-order valence-corrected chi connectivity index (χ3v) is 2.76. The largest absolute Gasteiger partial charge is 0.465 e. The Morgan fingerprint density at radius 3 is 2.40 bits per heavy atom.